The highest BCUT2D eigenvalue weighted by atomic mass is 79.9. The summed E-state index contributed by atoms with van der Waals surface area (Å²) in [4.78, 5) is 14.4. The van der Waals surface area contributed by atoms with Crippen LogP contribution in [-0.2, 0) is 0 Å². The lowest BCUT2D eigenvalue weighted by molar-refractivity contribution is -0.383. The number of hydrogen-bond acceptors (Lipinski definition) is 4. The van der Waals surface area contributed by atoms with E-state index in [1.165, 1.54) is 6.07 Å². The van der Waals surface area contributed by atoms with Crippen LogP contribution < -0.4 is 5.32 Å². The van der Waals surface area contributed by atoms with Gasteiger partial charge in [0.2, 0.25) is 0 Å². The van der Waals surface area contributed by atoms with Gasteiger partial charge in [-0.25, -0.2) is 0 Å². The number of nitro benzene ring substituents is 1. The molecule has 5 nitrogen and oxygen atoms in total. The van der Waals surface area contributed by atoms with Crippen molar-refractivity contribution < 1.29 is 4.92 Å². The first kappa shape index (κ1) is 11.5. The summed E-state index contributed by atoms with van der Waals surface area (Å²) in [6.07, 6.45) is 3.24. The van der Waals surface area contributed by atoms with Crippen LogP contribution in [0.15, 0.2) is 47.2 Å². The van der Waals surface area contributed by atoms with E-state index >= 15 is 0 Å². The van der Waals surface area contributed by atoms with Crippen LogP contribution in [-0.4, -0.2) is 9.91 Å². The number of hydrogen-bond donors (Lipinski definition) is 1. The Hall–Kier alpha value is -1.95. The van der Waals surface area contributed by atoms with E-state index in [0.717, 1.165) is 4.47 Å². The molecule has 1 N–H and O–H groups in total. The van der Waals surface area contributed by atoms with Crippen molar-refractivity contribution in [1.29, 1.82) is 0 Å². The maximum absolute atomic E-state index is 10.8. The normalized spacial score (nSPS) is 9.94. The maximum atomic E-state index is 10.8. The summed E-state index contributed by atoms with van der Waals surface area (Å²) >= 11 is 3.29. The summed E-state index contributed by atoms with van der Waals surface area (Å²) in [5, 5.41) is 13.8. The molecule has 0 unspecified atom stereocenters. The van der Waals surface area contributed by atoms with Gasteiger partial charge in [0.15, 0.2) is 0 Å². The Balaban J connectivity index is 2.33. The van der Waals surface area contributed by atoms with Gasteiger partial charge in [-0.15, -0.1) is 0 Å². The molecule has 0 atom stereocenters. The van der Waals surface area contributed by atoms with E-state index in [-0.39, 0.29) is 5.69 Å². The minimum absolute atomic E-state index is 0.0347. The zero-order valence-corrected chi connectivity index (χ0v) is 10.2. The van der Waals surface area contributed by atoms with Crippen molar-refractivity contribution in [2.75, 3.05) is 5.32 Å². The van der Waals surface area contributed by atoms with Crippen LogP contribution in [0.1, 0.15) is 0 Å². The molecule has 0 saturated carbocycles. The summed E-state index contributed by atoms with van der Waals surface area (Å²) in [7, 11) is 0. The van der Waals surface area contributed by atoms with E-state index in [4.69, 9.17) is 0 Å². The molecule has 0 radical (unpaired) electrons. The molecule has 86 valence electrons. The lowest BCUT2D eigenvalue weighted by Gasteiger charge is -2.06. The van der Waals surface area contributed by atoms with E-state index in [0.29, 0.717) is 11.4 Å². The van der Waals surface area contributed by atoms with Crippen LogP contribution in [0.3, 0.4) is 0 Å². The largest absolute Gasteiger partial charge is 0.349 e. The molecule has 2 rings (SSSR count). The molecule has 0 fully saturated rings. The van der Waals surface area contributed by atoms with Crippen molar-refractivity contribution in [2.45, 2.75) is 0 Å². The fraction of sp³-hybridized carbons (Fsp3) is 0. The zero-order chi connectivity index (χ0) is 12.3. The van der Waals surface area contributed by atoms with Crippen molar-refractivity contribution in [3.63, 3.8) is 0 Å². The van der Waals surface area contributed by atoms with Gasteiger partial charge in [0.25, 0.3) is 5.69 Å². The molecule has 17 heavy (non-hydrogen) atoms. The van der Waals surface area contributed by atoms with Crippen LogP contribution >= 0.6 is 15.9 Å². The van der Waals surface area contributed by atoms with Gasteiger partial charge in [-0.05, 0) is 28.1 Å². The molecule has 0 saturated heterocycles. The second-order valence-electron chi connectivity index (χ2n) is 3.29. The van der Waals surface area contributed by atoms with Crippen molar-refractivity contribution in [3.05, 3.63) is 57.3 Å². The predicted octanol–water partition coefficient (Wildman–Crippen LogP) is 3.50. The second kappa shape index (κ2) is 4.92. The highest BCUT2D eigenvalue weighted by Crippen LogP contribution is 2.27. The smallest absolute Gasteiger partial charge is 0.292 e. The average Bonchev–Trinajstić information content (AvgIpc) is 2.29. The summed E-state index contributed by atoms with van der Waals surface area (Å²) in [5.74, 6) is 0. The Morgan fingerprint density at radius 3 is 2.76 bits per heavy atom. The molecule has 1 aromatic carbocycles. The maximum Gasteiger partial charge on any atom is 0.292 e. The van der Waals surface area contributed by atoms with Crippen molar-refractivity contribution in [2.24, 2.45) is 0 Å². The highest BCUT2D eigenvalue weighted by Gasteiger charge is 2.12. The van der Waals surface area contributed by atoms with Gasteiger partial charge in [-0.3, -0.25) is 15.1 Å². The lowest BCUT2D eigenvalue weighted by Crippen LogP contribution is -1.96. The number of nitrogens with zero attached hydrogens (tertiary/aromatic N) is 2. The number of pyridine rings is 1. The van der Waals surface area contributed by atoms with Gasteiger partial charge in [0.05, 0.1) is 16.8 Å². The Bertz CT molecular complexity index is 560. The van der Waals surface area contributed by atoms with Crippen LogP contribution in [0.25, 0.3) is 0 Å². The predicted molar refractivity (Wildman–Crippen MR) is 68.3 cm³/mol. The Morgan fingerprint density at radius 1 is 1.29 bits per heavy atom. The molecular weight excluding hydrogens is 286 g/mol. The molecule has 1 aromatic heterocycles. The Kier molecular flexibility index (Phi) is 3.34. The third-order valence-corrected chi connectivity index (χ3v) is 2.52. The molecule has 0 aliphatic rings. The minimum Gasteiger partial charge on any atom is -0.349 e. The van der Waals surface area contributed by atoms with Crippen LogP contribution in [0.4, 0.5) is 17.1 Å². The topological polar surface area (TPSA) is 68.1 Å². The van der Waals surface area contributed by atoms with Gasteiger partial charge >= 0.3 is 0 Å². The summed E-state index contributed by atoms with van der Waals surface area (Å²) in [6.45, 7) is 0. The number of anilines is 2. The number of para-hydroxylation sites is 2. The van der Waals surface area contributed by atoms with Crippen molar-refractivity contribution in [3.8, 4) is 0 Å². The molecule has 2 aromatic rings. The summed E-state index contributed by atoms with van der Waals surface area (Å²) < 4.78 is 0.807. The van der Waals surface area contributed by atoms with E-state index in [1.54, 1.807) is 36.7 Å². The van der Waals surface area contributed by atoms with Crippen LogP contribution in [0.2, 0.25) is 0 Å². The quantitative estimate of drug-likeness (QED) is 0.695. The van der Waals surface area contributed by atoms with Gasteiger partial charge in [-0.1, -0.05) is 12.1 Å². The first-order valence-corrected chi connectivity index (χ1v) is 5.57. The van der Waals surface area contributed by atoms with Crippen molar-refractivity contribution in [1.82, 2.24) is 4.98 Å². The average molecular weight is 294 g/mol. The van der Waals surface area contributed by atoms with E-state index in [9.17, 15) is 10.1 Å². The third-order valence-electron chi connectivity index (χ3n) is 2.08. The minimum atomic E-state index is -0.423. The van der Waals surface area contributed by atoms with Gasteiger partial charge in [0, 0.05) is 16.7 Å². The first-order chi connectivity index (χ1) is 8.16. The van der Waals surface area contributed by atoms with Crippen molar-refractivity contribution >= 4 is 33.0 Å². The van der Waals surface area contributed by atoms with Crippen LogP contribution in [0.5, 0.6) is 0 Å². The van der Waals surface area contributed by atoms with E-state index < -0.39 is 4.92 Å². The lowest BCUT2D eigenvalue weighted by atomic mass is 10.2. The number of aromatic nitrogens is 1. The zero-order valence-electron chi connectivity index (χ0n) is 8.63. The number of rotatable bonds is 3. The number of benzene rings is 1. The third kappa shape index (κ3) is 2.79. The van der Waals surface area contributed by atoms with E-state index in [2.05, 4.69) is 26.2 Å². The van der Waals surface area contributed by atoms with E-state index in [1.807, 2.05) is 0 Å². The fourth-order valence-corrected chi connectivity index (χ4v) is 1.74. The van der Waals surface area contributed by atoms with Gasteiger partial charge < -0.3 is 5.32 Å². The standard InChI is InChI=1S/C11H8BrN3O2/c12-8-5-9(7-13-6-8)14-10-3-1-2-4-11(10)15(16)17/h1-7,14H. The molecule has 6 heteroatoms. The highest BCUT2D eigenvalue weighted by molar-refractivity contribution is 9.10. The number of nitrogens with one attached hydrogen (secondary N) is 1. The number of nitro groups is 1. The molecule has 0 bridgehead atoms. The second-order valence-corrected chi connectivity index (χ2v) is 4.21. The first-order valence-electron chi connectivity index (χ1n) is 4.78. The SMILES string of the molecule is O=[N+]([O-])c1ccccc1Nc1cncc(Br)c1. The molecule has 0 aliphatic carbocycles. The van der Waals surface area contributed by atoms with Crippen LogP contribution in [0, 0.1) is 10.1 Å². The molecule has 0 amide bonds. The summed E-state index contributed by atoms with van der Waals surface area (Å²) in [6, 6.07) is 8.26. The molecular formula is C11H8BrN3O2. The van der Waals surface area contributed by atoms with Gasteiger partial charge in [0.1, 0.15) is 5.69 Å². The number of halogens is 1. The molecule has 0 aliphatic heterocycles. The van der Waals surface area contributed by atoms with Gasteiger partial charge in [-0.2, -0.15) is 0 Å². The monoisotopic (exact) mass is 293 g/mol. The fourth-order valence-electron chi connectivity index (χ4n) is 1.37. The Labute approximate surface area is 106 Å². The molecule has 1 heterocycles. The molecule has 0 spiro atoms. The Morgan fingerprint density at radius 2 is 2.06 bits per heavy atom. The summed E-state index contributed by atoms with van der Waals surface area (Å²) in [5.41, 5.74) is 1.17.